The van der Waals surface area contributed by atoms with Gasteiger partial charge in [0.15, 0.2) is 0 Å². The highest BCUT2D eigenvalue weighted by Crippen LogP contribution is 2.24. The molecule has 1 aromatic carbocycles. The summed E-state index contributed by atoms with van der Waals surface area (Å²) in [6, 6.07) is 4.66. The van der Waals surface area contributed by atoms with Crippen LogP contribution in [0.1, 0.15) is 18.7 Å². The molecule has 30 heavy (non-hydrogen) atoms. The lowest BCUT2D eigenvalue weighted by atomic mass is 10.0. The summed E-state index contributed by atoms with van der Waals surface area (Å²) in [6.45, 7) is 0.0103. The van der Waals surface area contributed by atoms with Crippen LogP contribution in [0, 0.1) is 5.82 Å². The highest BCUT2D eigenvalue weighted by molar-refractivity contribution is 6.18. The highest BCUT2D eigenvalue weighted by atomic mass is 19.1. The van der Waals surface area contributed by atoms with Gasteiger partial charge >= 0.3 is 0 Å². The number of carbonyl (C=O) groups is 4. The summed E-state index contributed by atoms with van der Waals surface area (Å²) in [5.41, 5.74) is 0.484. The lowest BCUT2D eigenvalue weighted by Crippen LogP contribution is -2.54. The van der Waals surface area contributed by atoms with Crippen LogP contribution in [0.5, 0.6) is 0 Å². The summed E-state index contributed by atoms with van der Waals surface area (Å²) in [5.74, 6) is -2.51. The van der Waals surface area contributed by atoms with Gasteiger partial charge in [-0.25, -0.2) is 4.39 Å². The molecule has 1 atom stereocenters. The van der Waals surface area contributed by atoms with Crippen LogP contribution in [0.4, 0.5) is 4.39 Å². The Bertz CT molecular complexity index is 1090. The van der Waals surface area contributed by atoms with Crippen molar-refractivity contribution in [3.8, 4) is 11.4 Å². The number of imide groups is 2. The number of nitrogens with one attached hydrogen (secondary N) is 1. The topological polar surface area (TPSA) is 126 Å². The zero-order valence-electron chi connectivity index (χ0n) is 15.8. The van der Waals surface area contributed by atoms with Crippen molar-refractivity contribution in [1.82, 2.24) is 25.3 Å². The van der Waals surface area contributed by atoms with Gasteiger partial charge in [0, 0.05) is 25.1 Å². The van der Waals surface area contributed by atoms with E-state index in [0.717, 1.165) is 11.0 Å². The minimum absolute atomic E-state index is 0.0103. The first-order valence-corrected chi connectivity index (χ1v) is 9.06. The maximum absolute atomic E-state index is 13.4. The number of piperidine rings is 1. The van der Waals surface area contributed by atoms with Crippen molar-refractivity contribution >= 4 is 23.6 Å². The first-order chi connectivity index (χ1) is 14.3. The summed E-state index contributed by atoms with van der Waals surface area (Å²) in [5, 5.41) is 5.93. The van der Waals surface area contributed by atoms with Gasteiger partial charge in [-0.2, -0.15) is 4.98 Å². The molecule has 10 nitrogen and oxygen atoms in total. The monoisotopic (exact) mass is 413 g/mol. The molecule has 1 saturated heterocycles. The van der Waals surface area contributed by atoms with Gasteiger partial charge in [0.05, 0.1) is 6.54 Å². The van der Waals surface area contributed by atoms with E-state index < -0.39 is 35.5 Å². The lowest BCUT2D eigenvalue weighted by Gasteiger charge is -2.29. The summed E-state index contributed by atoms with van der Waals surface area (Å²) in [6.07, 6.45) is 1.24. The fraction of sp³-hybridized carbons (Fsp3) is 0.263. The van der Waals surface area contributed by atoms with Crippen LogP contribution in [0.3, 0.4) is 0 Å². The maximum atomic E-state index is 13.4. The molecule has 1 N–H and O–H groups in total. The van der Waals surface area contributed by atoms with Crippen molar-refractivity contribution in [2.75, 3.05) is 7.05 Å². The molecular weight excluding hydrogens is 397 g/mol. The number of hydrogen-bond donors (Lipinski definition) is 1. The van der Waals surface area contributed by atoms with Crippen molar-refractivity contribution < 1.29 is 28.1 Å². The number of likely N-dealkylation sites (N-methyl/N-ethyl adjacent to an activating group) is 1. The highest BCUT2D eigenvalue weighted by Gasteiger charge is 2.43. The minimum Gasteiger partial charge on any atom is -0.361 e. The van der Waals surface area contributed by atoms with E-state index in [-0.39, 0.29) is 36.8 Å². The molecule has 1 fully saturated rings. The van der Waals surface area contributed by atoms with Gasteiger partial charge in [-0.3, -0.25) is 29.4 Å². The van der Waals surface area contributed by atoms with Crippen LogP contribution in [0.15, 0.2) is 40.6 Å². The fourth-order valence-corrected chi connectivity index (χ4v) is 3.32. The predicted octanol–water partition coefficient (Wildman–Crippen LogP) is 0.365. The molecule has 1 unspecified atom stereocenters. The number of benzene rings is 1. The normalized spacial score (nSPS) is 19.2. The molecule has 3 heterocycles. The Hall–Kier alpha value is -3.89. The largest absolute Gasteiger partial charge is 0.361 e. The predicted molar refractivity (Wildman–Crippen MR) is 97.3 cm³/mol. The zero-order valence-corrected chi connectivity index (χ0v) is 15.8. The standard InChI is InChI=1S/C19H16FN5O5/c1-24(9-15-22-17(23-30-15)10-3-2-4-11(20)7-10)13-8-16(27)25(19(13)29)12-5-6-14(26)21-18(12)28/h2-4,7-8,12H,5-6,9H2,1H3,(H,21,26,28). The van der Waals surface area contributed by atoms with E-state index in [9.17, 15) is 23.6 Å². The van der Waals surface area contributed by atoms with E-state index in [2.05, 4.69) is 15.5 Å². The summed E-state index contributed by atoms with van der Waals surface area (Å²) >= 11 is 0. The van der Waals surface area contributed by atoms with E-state index >= 15 is 0 Å². The quantitative estimate of drug-likeness (QED) is 0.697. The van der Waals surface area contributed by atoms with Crippen molar-refractivity contribution in [3.63, 3.8) is 0 Å². The fourth-order valence-electron chi connectivity index (χ4n) is 3.32. The van der Waals surface area contributed by atoms with Gasteiger partial charge in [-0.1, -0.05) is 17.3 Å². The van der Waals surface area contributed by atoms with Crippen molar-refractivity contribution in [2.45, 2.75) is 25.4 Å². The van der Waals surface area contributed by atoms with E-state index in [1.807, 2.05) is 0 Å². The Kier molecular flexibility index (Phi) is 4.86. The third-order valence-corrected chi connectivity index (χ3v) is 4.79. The third-order valence-electron chi connectivity index (χ3n) is 4.79. The zero-order chi connectivity index (χ0) is 21.4. The van der Waals surface area contributed by atoms with Crippen LogP contribution in [0.25, 0.3) is 11.4 Å². The Labute approximate surface area is 169 Å². The van der Waals surface area contributed by atoms with E-state index in [0.29, 0.717) is 5.56 Å². The van der Waals surface area contributed by atoms with E-state index in [1.54, 1.807) is 13.1 Å². The van der Waals surface area contributed by atoms with Crippen molar-refractivity contribution in [1.29, 1.82) is 0 Å². The van der Waals surface area contributed by atoms with Crippen LogP contribution in [-0.4, -0.2) is 56.7 Å². The van der Waals surface area contributed by atoms with Crippen LogP contribution in [-0.2, 0) is 25.7 Å². The Morgan fingerprint density at radius 1 is 1.30 bits per heavy atom. The average molecular weight is 413 g/mol. The van der Waals surface area contributed by atoms with Crippen molar-refractivity contribution in [3.05, 3.63) is 47.7 Å². The molecule has 0 radical (unpaired) electrons. The molecule has 0 aliphatic carbocycles. The molecule has 0 saturated carbocycles. The van der Waals surface area contributed by atoms with Gasteiger partial charge in [0.2, 0.25) is 23.5 Å². The van der Waals surface area contributed by atoms with Gasteiger partial charge in [-0.15, -0.1) is 0 Å². The Balaban J connectivity index is 1.47. The number of aromatic nitrogens is 2. The third kappa shape index (κ3) is 3.56. The van der Waals surface area contributed by atoms with Gasteiger partial charge < -0.3 is 9.42 Å². The molecule has 0 spiro atoms. The number of rotatable bonds is 5. The number of nitrogens with zero attached hydrogens (tertiary/aromatic N) is 4. The number of halogens is 1. The van der Waals surface area contributed by atoms with Gasteiger partial charge in [0.25, 0.3) is 11.8 Å². The van der Waals surface area contributed by atoms with Gasteiger partial charge in [0.1, 0.15) is 17.6 Å². The van der Waals surface area contributed by atoms with E-state index in [1.165, 1.54) is 23.1 Å². The molecule has 1 aromatic heterocycles. The summed E-state index contributed by atoms with van der Waals surface area (Å²) < 4.78 is 18.5. The van der Waals surface area contributed by atoms with E-state index in [4.69, 9.17) is 4.52 Å². The molecule has 4 rings (SSSR count). The number of amides is 4. The molecule has 154 valence electrons. The lowest BCUT2D eigenvalue weighted by molar-refractivity contribution is -0.150. The smallest absolute Gasteiger partial charge is 0.277 e. The summed E-state index contributed by atoms with van der Waals surface area (Å²) in [7, 11) is 1.55. The molecule has 0 bridgehead atoms. The van der Waals surface area contributed by atoms with Gasteiger partial charge in [-0.05, 0) is 18.6 Å². The average Bonchev–Trinajstić information content (AvgIpc) is 3.27. The molecule has 2 aliphatic rings. The van der Waals surface area contributed by atoms with Crippen LogP contribution in [0.2, 0.25) is 0 Å². The van der Waals surface area contributed by atoms with Crippen LogP contribution < -0.4 is 5.32 Å². The SMILES string of the molecule is CN(Cc1nc(-c2cccc(F)c2)no1)C1=CC(=O)N(C2CCC(=O)NC2=O)C1=O. The molecule has 2 aliphatic heterocycles. The second kappa shape index (κ2) is 7.50. The Morgan fingerprint density at radius 2 is 2.10 bits per heavy atom. The molecule has 2 aromatic rings. The molecule has 11 heteroatoms. The second-order valence-electron chi connectivity index (χ2n) is 6.89. The maximum Gasteiger partial charge on any atom is 0.277 e. The first kappa shape index (κ1) is 19.4. The second-order valence-corrected chi connectivity index (χ2v) is 6.89. The summed E-state index contributed by atoms with van der Waals surface area (Å²) in [4.78, 5) is 54.9. The number of hydrogen-bond acceptors (Lipinski definition) is 8. The van der Waals surface area contributed by atoms with Crippen LogP contribution >= 0.6 is 0 Å². The number of carbonyl (C=O) groups excluding carboxylic acids is 4. The Morgan fingerprint density at radius 3 is 2.83 bits per heavy atom. The molecular formula is C19H16FN5O5. The minimum atomic E-state index is -1.03. The van der Waals surface area contributed by atoms with Crippen molar-refractivity contribution in [2.24, 2.45) is 0 Å². The first-order valence-electron chi connectivity index (χ1n) is 9.06. The molecule has 4 amide bonds.